The van der Waals surface area contributed by atoms with Crippen LogP contribution in [0.4, 0.5) is 5.69 Å². The van der Waals surface area contributed by atoms with Gasteiger partial charge in [-0.2, -0.15) is 0 Å². The van der Waals surface area contributed by atoms with Gasteiger partial charge in [0.2, 0.25) is 5.91 Å². The number of nitrogens with one attached hydrogen (secondary N) is 1. The summed E-state index contributed by atoms with van der Waals surface area (Å²) in [5, 5.41) is 3.37. The second-order valence-corrected chi connectivity index (χ2v) is 8.30. The smallest absolute Gasteiger partial charge is 0.255 e. The molecule has 1 atom stereocenters. The number of carbonyl (C=O) groups excluding carboxylic acids is 2. The maximum absolute atomic E-state index is 12.6. The molecular formula is C22H19ClN2O3S. The highest BCUT2D eigenvalue weighted by atomic mass is 35.5. The Balaban J connectivity index is 1.49. The highest BCUT2D eigenvalue weighted by Crippen LogP contribution is 2.39. The first-order valence-corrected chi connectivity index (χ1v) is 10.5. The van der Waals surface area contributed by atoms with Crippen molar-refractivity contribution in [1.82, 2.24) is 4.90 Å². The lowest BCUT2D eigenvalue weighted by molar-refractivity contribution is -0.128. The number of anilines is 1. The lowest BCUT2D eigenvalue weighted by Gasteiger charge is -2.23. The van der Waals surface area contributed by atoms with E-state index >= 15 is 0 Å². The molecule has 0 bridgehead atoms. The van der Waals surface area contributed by atoms with Crippen molar-refractivity contribution in [1.29, 1.82) is 0 Å². The van der Waals surface area contributed by atoms with E-state index in [4.69, 9.17) is 16.0 Å². The number of amides is 2. The molecule has 1 aromatic heterocycles. The molecule has 1 fully saturated rings. The van der Waals surface area contributed by atoms with E-state index in [2.05, 4.69) is 5.32 Å². The Hall–Kier alpha value is -2.70. The van der Waals surface area contributed by atoms with Crippen LogP contribution in [0.1, 0.15) is 32.6 Å². The van der Waals surface area contributed by atoms with E-state index in [1.807, 2.05) is 37.3 Å². The van der Waals surface area contributed by atoms with Gasteiger partial charge in [0.25, 0.3) is 5.91 Å². The summed E-state index contributed by atoms with van der Waals surface area (Å²) in [7, 11) is 0. The Labute approximate surface area is 178 Å². The summed E-state index contributed by atoms with van der Waals surface area (Å²) in [6.07, 6.45) is 1.60. The third kappa shape index (κ3) is 4.33. The van der Waals surface area contributed by atoms with Gasteiger partial charge in [0.1, 0.15) is 11.1 Å². The number of aryl methyl sites for hydroxylation is 1. The maximum atomic E-state index is 12.6. The number of benzene rings is 2. The second-order valence-electron chi connectivity index (χ2n) is 6.80. The van der Waals surface area contributed by atoms with Crippen molar-refractivity contribution < 1.29 is 14.0 Å². The summed E-state index contributed by atoms with van der Waals surface area (Å²) in [6.45, 7) is 2.34. The number of hydrogen-bond acceptors (Lipinski definition) is 4. The number of nitrogens with zero attached hydrogens (tertiary/aromatic N) is 1. The van der Waals surface area contributed by atoms with Gasteiger partial charge in [0, 0.05) is 16.3 Å². The first-order valence-electron chi connectivity index (χ1n) is 9.12. The first-order chi connectivity index (χ1) is 14.0. The summed E-state index contributed by atoms with van der Waals surface area (Å²) in [6, 6.07) is 16.4. The molecule has 1 aliphatic rings. The van der Waals surface area contributed by atoms with E-state index in [9.17, 15) is 9.59 Å². The molecule has 148 valence electrons. The standard InChI is InChI=1S/C22H19ClN2O3S/c1-14-4-9-17(23)11-19(14)24-21(27)15-5-7-16(8-6-15)22-25(20(26)13-29-22)12-18-3-2-10-28-18/h2-11,22H,12-13H2,1H3,(H,24,27)/t22-/m1/s1. The molecule has 0 saturated carbocycles. The van der Waals surface area contributed by atoms with Crippen LogP contribution in [-0.4, -0.2) is 22.5 Å². The zero-order valence-corrected chi connectivity index (χ0v) is 17.3. The fourth-order valence-corrected chi connectivity index (χ4v) is 4.55. The second kappa shape index (κ2) is 8.35. The molecule has 1 N–H and O–H groups in total. The van der Waals surface area contributed by atoms with Gasteiger partial charge in [0.05, 0.1) is 18.6 Å². The van der Waals surface area contributed by atoms with Gasteiger partial charge in [-0.25, -0.2) is 0 Å². The fourth-order valence-electron chi connectivity index (χ4n) is 3.19. The van der Waals surface area contributed by atoms with E-state index in [0.29, 0.717) is 28.6 Å². The molecule has 0 aliphatic carbocycles. The van der Waals surface area contributed by atoms with Gasteiger partial charge in [-0.15, -0.1) is 11.8 Å². The van der Waals surface area contributed by atoms with Crippen LogP contribution >= 0.6 is 23.4 Å². The van der Waals surface area contributed by atoms with Crippen LogP contribution in [0.15, 0.2) is 65.3 Å². The predicted octanol–water partition coefficient (Wildman–Crippen LogP) is 5.27. The Bertz CT molecular complexity index is 1030. The number of hydrogen-bond donors (Lipinski definition) is 1. The molecule has 1 saturated heterocycles. The molecule has 0 radical (unpaired) electrons. The third-order valence-corrected chi connectivity index (χ3v) is 6.27. The first kappa shape index (κ1) is 19.6. The Morgan fingerprint density at radius 1 is 1.24 bits per heavy atom. The zero-order chi connectivity index (χ0) is 20.4. The van der Waals surface area contributed by atoms with Gasteiger partial charge >= 0.3 is 0 Å². The van der Waals surface area contributed by atoms with Crippen molar-refractivity contribution >= 4 is 40.9 Å². The molecule has 0 spiro atoms. The predicted molar refractivity (Wildman–Crippen MR) is 115 cm³/mol. The lowest BCUT2D eigenvalue weighted by atomic mass is 10.1. The summed E-state index contributed by atoms with van der Waals surface area (Å²) in [5.41, 5.74) is 3.14. The lowest BCUT2D eigenvalue weighted by Crippen LogP contribution is -2.27. The fraction of sp³-hybridized carbons (Fsp3) is 0.182. The molecular weight excluding hydrogens is 408 g/mol. The van der Waals surface area contributed by atoms with Gasteiger partial charge in [-0.3, -0.25) is 9.59 Å². The molecule has 2 amide bonds. The van der Waals surface area contributed by atoms with Crippen molar-refractivity contribution in [3.05, 3.63) is 88.3 Å². The molecule has 0 unspecified atom stereocenters. The Morgan fingerprint density at radius 2 is 2.03 bits per heavy atom. The maximum Gasteiger partial charge on any atom is 0.255 e. The number of furan rings is 1. The van der Waals surface area contributed by atoms with Crippen LogP contribution in [0.5, 0.6) is 0 Å². The molecule has 1 aliphatic heterocycles. The van der Waals surface area contributed by atoms with Crippen LogP contribution in [0.25, 0.3) is 0 Å². The minimum atomic E-state index is -0.204. The minimum absolute atomic E-state index is 0.0784. The average Bonchev–Trinajstić information content (AvgIpc) is 3.36. The number of carbonyl (C=O) groups is 2. The number of halogens is 1. The molecule has 2 heterocycles. The number of thioether (sulfide) groups is 1. The quantitative estimate of drug-likeness (QED) is 0.603. The van der Waals surface area contributed by atoms with E-state index in [-0.39, 0.29) is 17.2 Å². The molecule has 5 nitrogen and oxygen atoms in total. The van der Waals surface area contributed by atoms with Crippen LogP contribution in [0.2, 0.25) is 5.02 Å². The van der Waals surface area contributed by atoms with Crippen LogP contribution < -0.4 is 5.32 Å². The van der Waals surface area contributed by atoms with E-state index in [1.54, 1.807) is 47.2 Å². The van der Waals surface area contributed by atoms with Crippen LogP contribution in [0.3, 0.4) is 0 Å². The SMILES string of the molecule is Cc1ccc(Cl)cc1NC(=O)c1ccc([C@H]2SCC(=O)N2Cc2ccco2)cc1. The summed E-state index contributed by atoms with van der Waals surface area (Å²) < 4.78 is 5.39. The van der Waals surface area contributed by atoms with Gasteiger partial charge in [0.15, 0.2) is 0 Å². The molecule has 7 heteroatoms. The van der Waals surface area contributed by atoms with Gasteiger partial charge in [-0.1, -0.05) is 29.8 Å². The minimum Gasteiger partial charge on any atom is -0.467 e. The van der Waals surface area contributed by atoms with Crippen molar-refractivity contribution in [3.8, 4) is 0 Å². The average molecular weight is 427 g/mol. The molecule has 2 aromatic carbocycles. The van der Waals surface area contributed by atoms with E-state index < -0.39 is 0 Å². The molecule has 29 heavy (non-hydrogen) atoms. The summed E-state index contributed by atoms with van der Waals surface area (Å²) in [5.74, 6) is 1.06. The Kier molecular flexibility index (Phi) is 5.65. The summed E-state index contributed by atoms with van der Waals surface area (Å²) in [4.78, 5) is 26.7. The molecule has 4 rings (SSSR count). The van der Waals surface area contributed by atoms with Gasteiger partial charge in [-0.05, 0) is 54.4 Å². The van der Waals surface area contributed by atoms with Crippen LogP contribution in [0, 0.1) is 6.92 Å². The highest BCUT2D eigenvalue weighted by Gasteiger charge is 2.33. The van der Waals surface area contributed by atoms with Gasteiger partial charge < -0.3 is 14.6 Å². The number of rotatable bonds is 5. The van der Waals surface area contributed by atoms with Crippen molar-refractivity contribution in [2.24, 2.45) is 0 Å². The van der Waals surface area contributed by atoms with Crippen molar-refractivity contribution in [3.63, 3.8) is 0 Å². The largest absolute Gasteiger partial charge is 0.467 e. The normalized spacial score (nSPS) is 16.3. The van der Waals surface area contributed by atoms with Crippen molar-refractivity contribution in [2.45, 2.75) is 18.8 Å². The third-order valence-electron chi connectivity index (χ3n) is 4.78. The highest BCUT2D eigenvalue weighted by molar-refractivity contribution is 8.00. The zero-order valence-electron chi connectivity index (χ0n) is 15.7. The topological polar surface area (TPSA) is 62.6 Å². The van der Waals surface area contributed by atoms with Crippen molar-refractivity contribution in [2.75, 3.05) is 11.1 Å². The van der Waals surface area contributed by atoms with E-state index in [1.165, 1.54) is 0 Å². The monoisotopic (exact) mass is 426 g/mol. The van der Waals surface area contributed by atoms with Crippen LogP contribution in [-0.2, 0) is 11.3 Å². The van der Waals surface area contributed by atoms with E-state index in [0.717, 1.165) is 16.9 Å². The Morgan fingerprint density at radius 3 is 2.76 bits per heavy atom. The molecule has 3 aromatic rings. The summed E-state index contributed by atoms with van der Waals surface area (Å²) >= 11 is 7.60.